The van der Waals surface area contributed by atoms with Gasteiger partial charge in [-0.2, -0.15) is 0 Å². The number of rotatable bonds is 4. The Morgan fingerprint density at radius 1 is 1.26 bits per heavy atom. The number of nitrogens with zero attached hydrogens (tertiary/aromatic N) is 2. The Balaban J connectivity index is 1.56. The first-order chi connectivity index (χ1) is 14.9. The first-order valence-corrected chi connectivity index (χ1v) is 10.6. The number of carbonyl (C=O) groups excluding carboxylic acids is 1. The lowest BCUT2D eigenvalue weighted by Gasteiger charge is -2.41. The number of halogens is 2. The maximum absolute atomic E-state index is 13.5. The van der Waals surface area contributed by atoms with E-state index in [1.165, 1.54) is 18.2 Å². The molecular weight excluding hydrogens is 423 g/mol. The SMILES string of the molecule is O=C(O)C1CCCN(CC2CNc3ccccc3N2C(=O)Nc2ccc(F)c(Cl)c2)C1. The van der Waals surface area contributed by atoms with E-state index in [0.29, 0.717) is 31.7 Å². The van der Waals surface area contributed by atoms with Crippen molar-refractivity contribution >= 4 is 40.7 Å². The first kappa shape index (κ1) is 21.4. The normalized spacial score (nSPS) is 21.2. The van der Waals surface area contributed by atoms with E-state index in [0.717, 1.165) is 24.3 Å². The van der Waals surface area contributed by atoms with Crippen molar-refractivity contribution in [2.45, 2.75) is 18.9 Å². The lowest BCUT2D eigenvalue weighted by Crippen LogP contribution is -2.55. The van der Waals surface area contributed by atoms with Gasteiger partial charge >= 0.3 is 12.0 Å². The summed E-state index contributed by atoms with van der Waals surface area (Å²) < 4.78 is 13.5. The van der Waals surface area contributed by atoms with E-state index < -0.39 is 11.8 Å². The zero-order chi connectivity index (χ0) is 22.0. The van der Waals surface area contributed by atoms with Crippen molar-refractivity contribution in [1.29, 1.82) is 0 Å². The van der Waals surface area contributed by atoms with Crippen LogP contribution >= 0.6 is 11.6 Å². The summed E-state index contributed by atoms with van der Waals surface area (Å²) >= 11 is 5.86. The van der Waals surface area contributed by atoms with E-state index in [1.807, 2.05) is 24.3 Å². The number of fused-ring (bicyclic) bond motifs is 1. The highest BCUT2D eigenvalue weighted by Crippen LogP contribution is 2.33. The van der Waals surface area contributed by atoms with Crippen molar-refractivity contribution in [1.82, 2.24) is 4.90 Å². The number of hydrogen-bond donors (Lipinski definition) is 3. The van der Waals surface area contributed by atoms with Gasteiger partial charge in [-0.3, -0.25) is 9.69 Å². The van der Waals surface area contributed by atoms with Crippen LogP contribution in [0.25, 0.3) is 0 Å². The van der Waals surface area contributed by atoms with Crippen LogP contribution in [0.3, 0.4) is 0 Å². The molecule has 2 amide bonds. The first-order valence-electron chi connectivity index (χ1n) is 10.3. The molecule has 0 bridgehead atoms. The number of carboxylic acid groups (broad SMARTS) is 1. The van der Waals surface area contributed by atoms with Gasteiger partial charge in [0.05, 0.1) is 28.4 Å². The van der Waals surface area contributed by atoms with Gasteiger partial charge in [0, 0.05) is 25.3 Å². The predicted octanol–water partition coefficient (Wildman–Crippen LogP) is 4.11. The Kier molecular flexibility index (Phi) is 6.29. The molecule has 1 saturated heterocycles. The molecular formula is C22H24ClFN4O3. The Hall–Kier alpha value is -2.84. The zero-order valence-electron chi connectivity index (χ0n) is 16.9. The van der Waals surface area contributed by atoms with Crippen LogP contribution in [0.15, 0.2) is 42.5 Å². The van der Waals surface area contributed by atoms with E-state index in [4.69, 9.17) is 11.6 Å². The number of anilines is 3. The second-order valence-corrected chi connectivity index (χ2v) is 8.33. The van der Waals surface area contributed by atoms with Crippen molar-refractivity contribution in [3.05, 3.63) is 53.3 Å². The van der Waals surface area contributed by atoms with Crippen LogP contribution in [0.4, 0.5) is 26.2 Å². The van der Waals surface area contributed by atoms with E-state index >= 15 is 0 Å². The number of hydrogen-bond acceptors (Lipinski definition) is 4. The molecule has 0 spiro atoms. The van der Waals surface area contributed by atoms with Gasteiger partial charge in [0.2, 0.25) is 0 Å². The number of piperidine rings is 1. The largest absolute Gasteiger partial charge is 0.481 e. The lowest BCUT2D eigenvalue weighted by molar-refractivity contribution is -0.143. The highest BCUT2D eigenvalue weighted by atomic mass is 35.5. The molecule has 164 valence electrons. The Labute approximate surface area is 184 Å². The van der Waals surface area contributed by atoms with E-state index in [-0.39, 0.29) is 23.0 Å². The molecule has 0 radical (unpaired) electrons. The fourth-order valence-corrected chi connectivity index (χ4v) is 4.43. The summed E-state index contributed by atoms with van der Waals surface area (Å²) in [6, 6.07) is 11.0. The van der Waals surface area contributed by atoms with Gasteiger partial charge in [0.15, 0.2) is 0 Å². The van der Waals surface area contributed by atoms with Crippen LogP contribution in [0.2, 0.25) is 5.02 Å². The molecule has 2 atom stereocenters. The molecule has 2 aliphatic rings. The quantitative estimate of drug-likeness (QED) is 0.658. The van der Waals surface area contributed by atoms with Crippen molar-refractivity contribution in [2.24, 2.45) is 5.92 Å². The predicted molar refractivity (Wildman–Crippen MR) is 118 cm³/mol. The summed E-state index contributed by atoms with van der Waals surface area (Å²) in [5, 5.41) is 15.5. The number of likely N-dealkylation sites (tertiary alicyclic amines) is 1. The summed E-state index contributed by atoms with van der Waals surface area (Å²) in [5.74, 6) is -1.72. The molecule has 0 aromatic heterocycles. The zero-order valence-corrected chi connectivity index (χ0v) is 17.6. The molecule has 1 fully saturated rings. The van der Waals surface area contributed by atoms with Gasteiger partial charge in [-0.05, 0) is 49.7 Å². The van der Waals surface area contributed by atoms with Gasteiger partial charge in [0.25, 0.3) is 0 Å². The van der Waals surface area contributed by atoms with Gasteiger partial charge in [-0.25, -0.2) is 9.18 Å². The molecule has 0 aliphatic carbocycles. The lowest BCUT2D eigenvalue weighted by atomic mass is 9.97. The standard InChI is InChI=1S/C22H24ClFN4O3/c23-17-10-15(7-8-18(17)24)26-22(31)28-16(11-25-19-5-1-2-6-20(19)28)13-27-9-3-4-14(12-27)21(29)30/h1-2,5-8,10,14,16,25H,3-4,9,11-13H2,(H,26,31)(H,29,30). The van der Waals surface area contributed by atoms with Crippen molar-refractivity contribution in [3.8, 4) is 0 Å². The van der Waals surface area contributed by atoms with Crippen LogP contribution in [0.5, 0.6) is 0 Å². The Bertz CT molecular complexity index is 989. The highest BCUT2D eigenvalue weighted by molar-refractivity contribution is 6.31. The molecule has 31 heavy (non-hydrogen) atoms. The summed E-state index contributed by atoms with van der Waals surface area (Å²) in [7, 11) is 0. The fourth-order valence-electron chi connectivity index (χ4n) is 4.25. The molecule has 7 nitrogen and oxygen atoms in total. The maximum atomic E-state index is 13.5. The molecule has 2 aromatic carbocycles. The molecule has 2 aliphatic heterocycles. The number of urea groups is 1. The third-order valence-electron chi connectivity index (χ3n) is 5.77. The molecule has 3 N–H and O–H groups in total. The van der Waals surface area contributed by atoms with Gasteiger partial charge < -0.3 is 20.6 Å². The molecule has 0 saturated carbocycles. The fraction of sp³-hybridized carbons (Fsp3) is 0.364. The minimum absolute atomic E-state index is 0.0666. The van der Waals surface area contributed by atoms with Gasteiger partial charge in [-0.15, -0.1) is 0 Å². The second kappa shape index (κ2) is 9.11. The number of benzene rings is 2. The van der Waals surface area contributed by atoms with Crippen LogP contribution < -0.4 is 15.5 Å². The molecule has 2 heterocycles. The third-order valence-corrected chi connectivity index (χ3v) is 6.06. The summed E-state index contributed by atoms with van der Waals surface area (Å²) in [4.78, 5) is 28.5. The van der Waals surface area contributed by atoms with Crippen molar-refractivity contribution in [3.63, 3.8) is 0 Å². The minimum atomic E-state index is -0.778. The van der Waals surface area contributed by atoms with E-state index in [2.05, 4.69) is 15.5 Å². The number of carbonyl (C=O) groups is 2. The number of nitrogens with one attached hydrogen (secondary N) is 2. The summed E-state index contributed by atoms with van der Waals surface area (Å²) in [6.45, 7) is 2.34. The molecule has 2 unspecified atom stereocenters. The Morgan fingerprint density at radius 3 is 2.84 bits per heavy atom. The summed E-state index contributed by atoms with van der Waals surface area (Å²) in [6.07, 6.45) is 1.49. The van der Waals surface area contributed by atoms with Gasteiger partial charge in [0.1, 0.15) is 5.82 Å². The molecule has 9 heteroatoms. The van der Waals surface area contributed by atoms with Crippen molar-refractivity contribution in [2.75, 3.05) is 41.7 Å². The number of para-hydroxylation sites is 2. The van der Waals surface area contributed by atoms with E-state index in [1.54, 1.807) is 4.90 Å². The number of carboxylic acids is 1. The van der Waals surface area contributed by atoms with Crippen molar-refractivity contribution < 1.29 is 19.1 Å². The van der Waals surface area contributed by atoms with E-state index in [9.17, 15) is 19.1 Å². The average Bonchev–Trinajstić information content (AvgIpc) is 2.76. The monoisotopic (exact) mass is 446 g/mol. The smallest absolute Gasteiger partial charge is 0.326 e. The number of aliphatic carboxylic acids is 1. The average molecular weight is 447 g/mol. The van der Waals surface area contributed by atoms with Crippen LogP contribution in [-0.4, -0.2) is 54.2 Å². The Morgan fingerprint density at radius 2 is 2.06 bits per heavy atom. The highest BCUT2D eigenvalue weighted by Gasteiger charge is 2.34. The van der Waals surface area contributed by atoms with Gasteiger partial charge in [-0.1, -0.05) is 23.7 Å². The van der Waals surface area contributed by atoms with Crippen LogP contribution in [-0.2, 0) is 4.79 Å². The molecule has 4 rings (SSSR count). The van der Waals surface area contributed by atoms with Crippen LogP contribution in [0.1, 0.15) is 12.8 Å². The number of amides is 2. The summed E-state index contributed by atoms with van der Waals surface area (Å²) in [5.41, 5.74) is 1.97. The maximum Gasteiger partial charge on any atom is 0.326 e. The second-order valence-electron chi connectivity index (χ2n) is 7.92. The topological polar surface area (TPSA) is 84.9 Å². The molecule has 2 aromatic rings. The van der Waals surface area contributed by atoms with Crippen LogP contribution in [0, 0.1) is 11.7 Å². The minimum Gasteiger partial charge on any atom is -0.481 e. The third kappa shape index (κ3) is 4.75.